The van der Waals surface area contributed by atoms with Gasteiger partial charge in [-0.25, -0.2) is 0 Å². The Kier molecular flexibility index (Phi) is 18.1. The number of amides is 2. The van der Waals surface area contributed by atoms with Gasteiger partial charge in [-0.05, 0) is 62.2 Å². The fourth-order valence-electron chi connectivity index (χ4n) is 6.99. The number of benzene rings is 2. The van der Waals surface area contributed by atoms with Crippen molar-refractivity contribution in [1.82, 2.24) is 25.4 Å². The Morgan fingerprint density at radius 1 is 0.633 bits per heavy atom. The van der Waals surface area contributed by atoms with Crippen LogP contribution >= 0.6 is 0 Å². The van der Waals surface area contributed by atoms with E-state index in [2.05, 4.69) is 20.4 Å². The van der Waals surface area contributed by atoms with Gasteiger partial charge in [0.1, 0.15) is 48.1 Å². The normalized spacial score (nSPS) is 18.3. The molecule has 0 spiro atoms. The van der Waals surface area contributed by atoms with Crippen LogP contribution in [0.5, 0.6) is 11.5 Å². The number of nitrogens with one attached hydrogen (secondary N) is 2. The molecule has 2 heterocycles. The molecule has 0 aliphatic carbocycles. The van der Waals surface area contributed by atoms with Crippen LogP contribution in [-0.2, 0) is 26.1 Å². The first kappa shape index (κ1) is 48.3. The molecular weight excluding hydrogens is 786 g/mol. The minimum absolute atomic E-state index is 0.0718. The average Bonchev–Trinajstić information content (AvgIpc) is 3.25. The molecule has 14 N–H and O–H groups in total. The summed E-state index contributed by atoms with van der Waals surface area (Å²) in [6.45, 7) is 3.27. The van der Waals surface area contributed by atoms with Crippen LogP contribution in [0.3, 0.4) is 0 Å². The van der Waals surface area contributed by atoms with Gasteiger partial charge in [0, 0.05) is 69.1 Å². The molecule has 4 rings (SSSR count). The van der Waals surface area contributed by atoms with Gasteiger partial charge >= 0.3 is 0 Å². The van der Waals surface area contributed by atoms with Gasteiger partial charge in [-0.15, -0.1) is 0 Å². The maximum Gasteiger partial charge on any atom is 0.255 e. The summed E-state index contributed by atoms with van der Waals surface area (Å²) in [4.78, 5) is 35.4. The van der Waals surface area contributed by atoms with E-state index in [9.17, 15) is 60.7 Å². The van der Waals surface area contributed by atoms with Gasteiger partial charge in [0.25, 0.3) is 11.8 Å². The van der Waals surface area contributed by atoms with Crippen molar-refractivity contribution in [3.8, 4) is 11.5 Å². The van der Waals surface area contributed by atoms with E-state index in [-0.39, 0.29) is 35.7 Å². The van der Waals surface area contributed by atoms with Crippen LogP contribution in [0.25, 0.3) is 0 Å². The van der Waals surface area contributed by atoms with Gasteiger partial charge < -0.3 is 71.9 Å². The number of hydrogen-bond donors (Lipinski definition) is 14. The number of aromatic nitrogens is 1. The van der Waals surface area contributed by atoms with E-state index < -0.39 is 86.9 Å². The summed E-state index contributed by atoms with van der Waals surface area (Å²) >= 11 is 0. The smallest absolute Gasteiger partial charge is 0.255 e. The summed E-state index contributed by atoms with van der Waals surface area (Å²) in [5.74, 6) is -2.07. The van der Waals surface area contributed by atoms with E-state index in [1.807, 2.05) is 18.2 Å². The van der Waals surface area contributed by atoms with Gasteiger partial charge in [0.05, 0.1) is 42.2 Å². The minimum Gasteiger partial charge on any atom is -0.507 e. The Morgan fingerprint density at radius 2 is 1.07 bits per heavy atom. The largest absolute Gasteiger partial charge is 0.507 e. The van der Waals surface area contributed by atoms with Crippen LogP contribution in [0.2, 0.25) is 0 Å². The van der Waals surface area contributed by atoms with Crippen LogP contribution in [0.4, 0.5) is 0 Å². The number of pyridine rings is 1. The fourth-order valence-corrected chi connectivity index (χ4v) is 6.99. The van der Waals surface area contributed by atoms with Crippen molar-refractivity contribution >= 4 is 11.8 Å². The average molecular weight is 846 g/mol. The highest BCUT2D eigenvalue weighted by Gasteiger charge is 2.32. The predicted molar refractivity (Wildman–Crippen MR) is 215 cm³/mol. The second-order valence-corrected chi connectivity index (χ2v) is 15.4. The summed E-state index contributed by atoms with van der Waals surface area (Å²) < 4.78 is 0. The number of aryl methyl sites for hydroxylation is 2. The summed E-state index contributed by atoms with van der Waals surface area (Å²) in [7, 11) is 0. The van der Waals surface area contributed by atoms with Crippen molar-refractivity contribution in [1.29, 1.82) is 0 Å². The second-order valence-electron chi connectivity index (χ2n) is 15.4. The maximum absolute atomic E-state index is 13.2. The molecule has 332 valence electrons. The molecule has 0 fully saturated rings. The number of aliphatic hydroxyl groups is 10. The quantitative estimate of drug-likeness (QED) is 0.0603. The first-order chi connectivity index (χ1) is 28.4. The molecule has 1 aliphatic rings. The monoisotopic (exact) mass is 845 g/mol. The molecule has 19 heteroatoms. The zero-order valence-electron chi connectivity index (χ0n) is 33.7. The van der Waals surface area contributed by atoms with Crippen molar-refractivity contribution in [2.75, 3.05) is 45.9 Å². The molecule has 0 saturated heterocycles. The molecule has 1 aliphatic heterocycles. The first-order valence-corrected chi connectivity index (χ1v) is 19.7. The molecular formula is C41H59N5O14. The van der Waals surface area contributed by atoms with Crippen LogP contribution in [0.15, 0.2) is 42.5 Å². The molecule has 60 heavy (non-hydrogen) atoms. The number of fused-ring (bicyclic) bond motifs is 2. The first-order valence-electron chi connectivity index (χ1n) is 19.7. The predicted octanol–water partition coefficient (Wildman–Crippen LogP) is -3.11. The molecule has 0 radical (unpaired) electrons. The summed E-state index contributed by atoms with van der Waals surface area (Å²) in [6.07, 6.45) is -13.1. The number of nitrogens with zero attached hydrogens (tertiary/aromatic N) is 3. The van der Waals surface area contributed by atoms with Crippen molar-refractivity contribution in [2.24, 2.45) is 0 Å². The van der Waals surface area contributed by atoms with Crippen LogP contribution in [0.1, 0.15) is 60.8 Å². The maximum atomic E-state index is 13.2. The van der Waals surface area contributed by atoms with E-state index in [0.717, 1.165) is 11.4 Å². The lowest BCUT2D eigenvalue weighted by atomic mass is 10.0. The number of carbonyl (C=O) groups is 2. The third-order valence-corrected chi connectivity index (χ3v) is 10.4. The van der Waals surface area contributed by atoms with Crippen LogP contribution in [0, 0.1) is 13.8 Å². The van der Waals surface area contributed by atoms with Gasteiger partial charge in [0.2, 0.25) is 0 Å². The molecule has 0 saturated carbocycles. The zero-order chi connectivity index (χ0) is 44.3. The molecule has 19 nitrogen and oxygen atoms in total. The lowest BCUT2D eigenvalue weighted by Gasteiger charge is -2.26. The standard InChI is InChI=1S/C41H59N5O14/c1-22-11-24(34(53)28(13-22)40(59)42-15-30(49)36(55)38(57)32(51)20-47)17-45-8-4-9-46(19-27-6-3-5-26(44-27)7-10-45)18-25-12-23(2)14-29(35(25)54)41(60)43-16-31(50)37(56)39(58)33(52)21-48/h3,5-6,11-14,30-33,36-39,47-58H,4,7-10,15-21H2,1-2H3,(H,42,59)(H,43,60). The van der Waals surface area contributed by atoms with Crippen molar-refractivity contribution in [3.05, 3.63) is 87.2 Å². The number of aromatic hydroxyl groups is 2. The molecule has 1 aromatic heterocycles. The minimum atomic E-state index is -1.88. The van der Waals surface area contributed by atoms with E-state index >= 15 is 0 Å². The van der Waals surface area contributed by atoms with Crippen molar-refractivity contribution < 1.29 is 70.9 Å². The lowest BCUT2D eigenvalue weighted by Crippen LogP contribution is -2.49. The van der Waals surface area contributed by atoms with Crippen LogP contribution in [-0.4, -0.2) is 183 Å². The van der Waals surface area contributed by atoms with Gasteiger partial charge in [-0.3, -0.25) is 24.4 Å². The van der Waals surface area contributed by atoms with E-state index in [1.165, 1.54) is 12.1 Å². The number of aliphatic hydroxyl groups excluding tert-OH is 10. The third kappa shape index (κ3) is 13.1. The summed E-state index contributed by atoms with van der Waals surface area (Å²) in [5.41, 5.74) is 3.71. The molecule has 2 amide bonds. The Hall–Kier alpha value is -4.35. The van der Waals surface area contributed by atoms with Gasteiger partial charge in [-0.1, -0.05) is 18.2 Å². The topological polar surface area (TPSA) is 320 Å². The molecule has 8 unspecified atom stereocenters. The van der Waals surface area contributed by atoms with Crippen molar-refractivity contribution in [2.45, 2.75) is 95.2 Å². The second kappa shape index (κ2) is 22.5. The molecule has 8 atom stereocenters. The Morgan fingerprint density at radius 3 is 1.55 bits per heavy atom. The number of phenolic OH excluding ortho intramolecular Hbond substituents is 2. The Bertz CT molecular complexity index is 1890. The van der Waals surface area contributed by atoms with Crippen LogP contribution < -0.4 is 10.6 Å². The number of phenols is 2. The van der Waals surface area contributed by atoms with Gasteiger partial charge in [0.15, 0.2) is 0 Å². The number of carbonyl (C=O) groups excluding carboxylic acids is 2. The third-order valence-electron chi connectivity index (χ3n) is 10.4. The summed E-state index contributed by atoms with van der Waals surface area (Å²) in [5, 5.41) is 125. The highest BCUT2D eigenvalue weighted by molar-refractivity contribution is 5.98. The number of rotatable bonds is 18. The molecule has 2 bridgehead atoms. The lowest BCUT2D eigenvalue weighted by molar-refractivity contribution is -0.113. The van der Waals surface area contributed by atoms with Gasteiger partial charge in [-0.2, -0.15) is 0 Å². The van der Waals surface area contributed by atoms with E-state index in [1.54, 1.807) is 26.0 Å². The Balaban J connectivity index is 1.47. The summed E-state index contributed by atoms with van der Waals surface area (Å²) in [6, 6.07) is 12.2. The van der Waals surface area contributed by atoms with E-state index in [0.29, 0.717) is 61.3 Å². The zero-order valence-corrected chi connectivity index (χ0v) is 33.7. The highest BCUT2D eigenvalue weighted by atomic mass is 16.4. The Labute approximate surface area is 347 Å². The number of hydrogen-bond acceptors (Lipinski definition) is 17. The highest BCUT2D eigenvalue weighted by Crippen LogP contribution is 2.29. The van der Waals surface area contributed by atoms with Crippen molar-refractivity contribution in [3.63, 3.8) is 0 Å². The molecule has 3 aromatic rings. The van der Waals surface area contributed by atoms with E-state index in [4.69, 9.17) is 15.2 Å². The fraction of sp³-hybridized carbons (Fsp3) is 0.537. The SMILES string of the molecule is Cc1cc(CN2CCCN(Cc3cc(C)cc(C(=O)NCC(O)C(O)C(O)C(O)CO)c3O)Cc3cccc(n3)CC2)c(O)c(C(=O)NCC(O)C(O)C(O)C(O)CO)c1. The molecule has 2 aromatic carbocycles.